The van der Waals surface area contributed by atoms with Gasteiger partial charge in [0.15, 0.2) is 0 Å². The lowest BCUT2D eigenvalue weighted by Crippen LogP contribution is -2.55. The fourth-order valence-corrected chi connectivity index (χ4v) is 4.87. The van der Waals surface area contributed by atoms with Gasteiger partial charge in [0.1, 0.15) is 5.69 Å². The van der Waals surface area contributed by atoms with E-state index in [4.69, 9.17) is 0 Å². The van der Waals surface area contributed by atoms with Crippen molar-refractivity contribution in [2.45, 2.75) is 56.7 Å². The van der Waals surface area contributed by atoms with E-state index in [2.05, 4.69) is 58.2 Å². The highest BCUT2D eigenvalue weighted by Gasteiger charge is 2.53. The minimum absolute atomic E-state index is 0.00336. The van der Waals surface area contributed by atoms with Crippen LogP contribution in [0, 0.1) is 0 Å². The van der Waals surface area contributed by atoms with Crippen LogP contribution in [0.1, 0.15) is 61.1 Å². The number of fused-ring (bicyclic) bond motifs is 1. The lowest BCUT2D eigenvalue weighted by molar-refractivity contribution is 0.0448. The first-order valence-corrected chi connectivity index (χ1v) is 9.69. The van der Waals surface area contributed by atoms with Gasteiger partial charge in [0.2, 0.25) is 0 Å². The van der Waals surface area contributed by atoms with Gasteiger partial charge in [-0.05, 0) is 51.4 Å². The molecule has 138 valence electrons. The molecule has 0 unspecified atom stereocenters. The molecular weight excluding hydrogens is 324 g/mol. The van der Waals surface area contributed by atoms with E-state index in [1.807, 2.05) is 6.07 Å². The monoisotopic (exact) mass is 352 g/mol. The molecule has 1 aromatic carbocycles. The second-order valence-corrected chi connectivity index (χ2v) is 7.96. The number of likely N-dealkylation sites (N-methyl/N-ethyl adjacent to an activating group) is 1. The molecule has 0 radical (unpaired) electrons. The SMILES string of the molecule is CN1CCCCC[C@@H]2N(C(=O)c3ccn[nH]3)[C@H](c3ccccc3)C[C@@]21C. The molecule has 5 heteroatoms. The van der Waals surface area contributed by atoms with E-state index in [1.54, 1.807) is 12.3 Å². The smallest absolute Gasteiger partial charge is 0.272 e. The van der Waals surface area contributed by atoms with Crippen LogP contribution < -0.4 is 0 Å². The fourth-order valence-electron chi connectivity index (χ4n) is 4.87. The number of aromatic nitrogens is 2. The molecule has 5 nitrogen and oxygen atoms in total. The van der Waals surface area contributed by atoms with E-state index in [0.29, 0.717) is 5.69 Å². The van der Waals surface area contributed by atoms with Crippen molar-refractivity contribution in [3.8, 4) is 0 Å². The number of benzene rings is 1. The number of hydrogen-bond acceptors (Lipinski definition) is 3. The third-order valence-electron chi connectivity index (χ3n) is 6.49. The number of likely N-dealkylation sites (tertiary alicyclic amines) is 2. The molecule has 0 spiro atoms. The molecule has 2 aliphatic heterocycles. The van der Waals surface area contributed by atoms with Crippen molar-refractivity contribution in [2.24, 2.45) is 0 Å². The normalized spacial score (nSPS) is 29.8. The predicted molar refractivity (Wildman–Crippen MR) is 102 cm³/mol. The minimum Gasteiger partial charge on any atom is -0.325 e. The lowest BCUT2D eigenvalue weighted by Gasteiger charge is -2.43. The Balaban J connectivity index is 1.78. The Labute approximate surface area is 155 Å². The van der Waals surface area contributed by atoms with Gasteiger partial charge in [-0.15, -0.1) is 0 Å². The number of rotatable bonds is 2. The molecule has 1 N–H and O–H groups in total. The maximum atomic E-state index is 13.4. The van der Waals surface area contributed by atoms with Crippen LogP contribution in [0.15, 0.2) is 42.6 Å². The number of carbonyl (C=O) groups is 1. The van der Waals surface area contributed by atoms with Crippen molar-refractivity contribution in [2.75, 3.05) is 13.6 Å². The van der Waals surface area contributed by atoms with Crippen LogP contribution in [0.4, 0.5) is 0 Å². The number of amides is 1. The van der Waals surface area contributed by atoms with Gasteiger partial charge >= 0.3 is 0 Å². The van der Waals surface area contributed by atoms with Gasteiger partial charge in [0, 0.05) is 11.7 Å². The number of nitrogens with zero attached hydrogens (tertiary/aromatic N) is 3. The Hall–Kier alpha value is -2.14. The fraction of sp³-hybridized carbons (Fsp3) is 0.524. The highest BCUT2D eigenvalue weighted by atomic mass is 16.2. The van der Waals surface area contributed by atoms with Crippen LogP contribution in [0.25, 0.3) is 0 Å². The maximum absolute atomic E-state index is 13.4. The van der Waals surface area contributed by atoms with E-state index in [0.717, 1.165) is 19.4 Å². The Bertz CT molecular complexity index is 745. The lowest BCUT2D eigenvalue weighted by atomic mass is 9.84. The van der Waals surface area contributed by atoms with Crippen molar-refractivity contribution in [3.05, 3.63) is 53.9 Å². The van der Waals surface area contributed by atoms with E-state index >= 15 is 0 Å². The molecule has 1 amide bonds. The zero-order valence-electron chi connectivity index (χ0n) is 15.7. The zero-order chi connectivity index (χ0) is 18.1. The third-order valence-corrected chi connectivity index (χ3v) is 6.49. The Morgan fingerprint density at radius 2 is 2.00 bits per heavy atom. The first kappa shape index (κ1) is 17.3. The number of aromatic amines is 1. The largest absolute Gasteiger partial charge is 0.325 e. The molecule has 3 atom stereocenters. The van der Waals surface area contributed by atoms with Crippen molar-refractivity contribution in [1.82, 2.24) is 20.0 Å². The predicted octanol–water partition coefficient (Wildman–Crippen LogP) is 3.63. The van der Waals surface area contributed by atoms with Crippen molar-refractivity contribution in [1.29, 1.82) is 0 Å². The molecule has 0 saturated carbocycles. The first-order chi connectivity index (χ1) is 12.6. The maximum Gasteiger partial charge on any atom is 0.272 e. The second kappa shape index (κ2) is 6.88. The summed E-state index contributed by atoms with van der Waals surface area (Å²) in [5, 5.41) is 6.88. The molecule has 1 aromatic heterocycles. The van der Waals surface area contributed by atoms with Gasteiger partial charge in [-0.3, -0.25) is 14.8 Å². The third kappa shape index (κ3) is 2.84. The van der Waals surface area contributed by atoms with Crippen LogP contribution in [-0.4, -0.2) is 51.1 Å². The molecule has 4 rings (SSSR count). The van der Waals surface area contributed by atoms with Crippen LogP contribution in [0.5, 0.6) is 0 Å². The van der Waals surface area contributed by atoms with Crippen molar-refractivity contribution >= 4 is 5.91 Å². The molecule has 2 fully saturated rings. The molecule has 2 aliphatic rings. The Kier molecular flexibility index (Phi) is 4.57. The summed E-state index contributed by atoms with van der Waals surface area (Å²) in [5.41, 5.74) is 1.80. The number of nitrogens with one attached hydrogen (secondary N) is 1. The molecular formula is C21H28N4O. The summed E-state index contributed by atoms with van der Waals surface area (Å²) < 4.78 is 0. The molecule has 0 aliphatic carbocycles. The van der Waals surface area contributed by atoms with Gasteiger partial charge < -0.3 is 4.90 Å². The first-order valence-electron chi connectivity index (χ1n) is 9.69. The summed E-state index contributed by atoms with van der Waals surface area (Å²) in [5.74, 6) is 0.0686. The second-order valence-electron chi connectivity index (χ2n) is 7.96. The van der Waals surface area contributed by atoms with Gasteiger partial charge in [-0.1, -0.05) is 43.2 Å². The number of carbonyl (C=O) groups excluding carboxylic acids is 1. The molecule has 0 bridgehead atoms. The van der Waals surface area contributed by atoms with E-state index < -0.39 is 0 Å². The van der Waals surface area contributed by atoms with Crippen molar-refractivity contribution in [3.63, 3.8) is 0 Å². The van der Waals surface area contributed by atoms with Gasteiger partial charge in [-0.2, -0.15) is 5.10 Å². The highest BCUT2D eigenvalue weighted by molar-refractivity contribution is 5.93. The van der Waals surface area contributed by atoms with E-state index in [1.165, 1.54) is 24.8 Å². The van der Waals surface area contributed by atoms with Gasteiger partial charge in [-0.25, -0.2) is 0 Å². The van der Waals surface area contributed by atoms with Crippen LogP contribution in [-0.2, 0) is 0 Å². The Morgan fingerprint density at radius 1 is 1.19 bits per heavy atom. The van der Waals surface area contributed by atoms with Gasteiger partial charge in [0.25, 0.3) is 5.91 Å². The highest BCUT2D eigenvalue weighted by Crippen LogP contribution is 2.48. The summed E-state index contributed by atoms with van der Waals surface area (Å²) in [6, 6.07) is 12.6. The molecule has 3 heterocycles. The summed E-state index contributed by atoms with van der Waals surface area (Å²) in [6.45, 7) is 3.44. The molecule has 2 aromatic rings. The van der Waals surface area contributed by atoms with Crippen LogP contribution in [0.3, 0.4) is 0 Å². The van der Waals surface area contributed by atoms with Crippen LogP contribution >= 0.6 is 0 Å². The summed E-state index contributed by atoms with van der Waals surface area (Å²) in [6.07, 6.45) is 7.34. The quantitative estimate of drug-likeness (QED) is 0.898. The van der Waals surface area contributed by atoms with Crippen LogP contribution in [0.2, 0.25) is 0 Å². The number of H-pyrrole nitrogens is 1. The average molecular weight is 352 g/mol. The molecule has 26 heavy (non-hydrogen) atoms. The average Bonchev–Trinajstić information content (AvgIpc) is 3.28. The topological polar surface area (TPSA) is 52.2 Å². The summed E-state index contributed by atoms with van der Waals surface area (Å²) >= 11 is 0. The Morgan fingerprint density at radius 3 is 2.73 bits per heavy atom. The van der Waals surface area contributed by atoms with Crippen molar-refractivity contribution < 1.29 is 4.79 Å². The van der Waals surface area contributed by atoms with Gasteiger partial charge in [0.05, 0.1) is 12.1 Å². The van der Waals surface area contributed by atoms with E-state index in [9.17, 15) is 4.79 Å². The standard InChI is InChI=1S/C21H28N4O/c1-21-15-18(16-9-5-3-6-10-16)25(20(26)17-12-13-22-23-17)19(21)11-7-4-8-14-24(21)2/h3,5-6,9-10,12-13,18-19H,4,7-8,11,14-15H2,1-2H3,(H,22,23)/t18-,19-,21-/m0/s1. The number of hydrogen-bond donors (Lipinski definition) is 1. The molecule has 2 saturated heterocycles. The zero-order valence-corrected chi connectivity index (χ0v) is 15.7. The van der Waals surface area contributed by atoms with E-state index in [-0.39, 0.29) is 23.5 Å². The minimum atomic E-state index is -0.00336. The summed E-state index contributed by atoms with van der Waals surface area (Å²) in [7, 11) is 2.23. The summed E-state index contributed by atoms with van der Waals surface area (Å²) in [4.78, 5) is 18.1.